The highest BCUT2D eigenvalue weighted by Gasteiger charge is 2.54. The third-order valence-corrected chi connectivity index (χ3v) is 22.1. The lowest BCUT2D eigenvalue weighted by atomic mass is 9.49. The number of β-amino-alcohol motifs (C(OH)–C–C–N with tert-alkyl or cyclic N) is 1. The van der Waals surface area contributed by atoms with Gasteiger partial charge in [0.1, 0.15) is 29.0 Å². The van der Waals surface area contributed by atoms with Gasteiger partial charge >= 0.3 is 0 Å². The summed E-state index contributed by atoms with van der Waals surface area (Å²) in [6.45, 7) is 11.5. The highest BCUT2D eigenvalue weighted by molar-refractivity contribution is 7.22. The Morgan fingerprint density at radius 1 is 0.837 bits per heavy atom. The number of amides is 6. The summed E-state index contributed by atoms with van der Waals surface area (Å²) >= 11 is 2.93. The Balaban J connectivity index is 0.703. The van der Waals surface area contributed by atoms with E-state index in [9.17, 15) is 39.1 Å². The van der Waals surface area contributed by atoms with Crippen LogP contribution >= 0.6 is 22.7 Å². The number of carbonyl (C=O) groups is 6. The van der Waals surface area contributed by atoms with Gasteiger partial charge in [0.2, 0.25) is 23.6 Å². The van der Waals surface area contributed by atoms with Gasteiger partial charge in [0.15, 0.2) is 5.13 Å². The van der Waals surface area contributed by atoms with E-state index in [2.05, 4.69) is 65.2 Å². The second-order valence-electron chi connectivity index (χ2n) is 27.8. The van der Waals surface area contributed by atoms with Crippen LogP contribution in [0.4, 0.5) is 10.9 Å². The van der Waals surface area contributed by atoms with E-state index >= 15 is 0 Å². The van der Waals surface area contributed by atoms with Crippen LogP contribution in [0.1, 0.15) is 146 Å². The Morgan fingerprint density at radius 2 is 1.58 bits per heavy atom. The Morgan fingerprint density at radius 3 is 2.27 bits per heavy atom. The number of nitrogens with zero attached hydrogens (tertiary/aromatic N) is 8. The number of hydrogen-bond donors (Lipinski definition) is 6. The molecule has 4 bridgehead atoms. The second kappa shape index (κ2) is 25.3. The quantitative estimate of drug-likeness (QED) is 0.0389. The van der Waals surface area contributed by atoms with Gasteiger partial charge < -0.3 is 36.2 Å². The van der Waals surface area contributed by atoms with Crippen LogP contribution in [0.3, 0.4) is 0 Å². The summed E-state index contributed by atoms with van der Waals surface area (Å²) in [7, 11) is 0. The molecule has 5 aliphatic carbocycles. The minimum Gasteiger partial charge on any atom is -0.391 e. The van der Waals surface area contributed by atoms with Crippen LogP contribution in [0.25, 0.3) is 31.8 Å². The van der Waals surface area contributed by atoms with Crippen molar-refractivity contribution in [1.29, 1.82) is 5.26 Å². The third-order valence-electron chi connectivity index (χ3n) is 20.1. The van der Waals surface area contributed by atoms with E-state index in [0.717, 1.165) is 73.0 Å². The summed E-state index contributed by atoms with van der Waals surface area (Å²) in [5.74, 6) is 0.314. The molecule has 22 heteroatoms. The molecule has 0 radical (unpaired) electrons. The molecule has 92 heavy (non-hydrogen) atoms. The number of carbonyl (C=O) groups excluding carboxylic acids is 6. The maximum atomic E-state index is 14.8. The Kier molecular flexibility index (Phi) is 17.1. The summed E-state index contributed by atoms with van der Waals surface area (Å²) in [6.07, 6.45) is 10.2. The van der Waals surface area contributed by atoms with Crippen molar-refractivity contribution in [3.05, 3.63) is 130 Å². The van der Waals surface area contributed by atoms with Crippen molar-refractivity contribution in [3.8, 4) is 27.6 Å². The molecular formula is C70H79N13O7S2. The van der Waals surface area contributed by atoms with Crippen molar-refractivity contribution in [2.75, 3.05) is 36.4 Å². The fourth-order valence-corrected chi connectivity index (χ4v) is 17.2. The standard InChI is InChI=1S/C70H79N13O7S2/c1-40-60(91-39-74-40)47-16-14-46(15-17-47)54(76-63(87)55-29-48(84)35-82(55)65(89)61(68(3,4)5)79-66(90)70(37-71)21-22-70)30-58(85)72-23-9-24-73-64(88)59-49(51-34-75-83(41(51)2)38-69-31-42-26-43(32-69)28-44(27-42)33-69)18-19-57(78-59)81-25-20-45-10-8-11-50(52(45)36-81)62(86)80-67-77-53-12-6-7-13-56(53)92-67/h6-8,10-19,34,39,42-44,48,54-55,61,84H,9,20-33,35-36,38H2,1-5H3,(H,72,85)(H,73,88)(H,76,87)(H,79,90)(H,77,80,86)/t42?,43?,44?,48-,54?,55+,61?,69?/m1/s1. The number of nitriles is 1. The van der Waals surface area contributed by atoms with Crippen LogP contribution in [-0.2, 0) is 38.7 Å². The third kappa shape index (κ3) is 12.8. The lowest BCUT2D eigenvalue weighted by Gasteiger charge is -2.56. The number of pyridine rings is 1. The number of aliphatic hydroxyl groups excluding tert-OH is 1. The van der Waals surface area contributed by atoms with E-state index < -0.39 is 52.8 Å². The Hall–Kier alpha value is -8.39. The lowest BCUT2D eigenvalue weighted by molar-refractivity contribution is -0.144. The molecule has 6 fully saturated rings. The van der Waals surface area contributed by atoms with Crippen LogP contribution in [0, 0.1) is 59.2 Å². The van der Waals surface area contributed by atoms with Gasteiger partial charge in [0.05, 0.1) is 57.1 Å². The molecule has 20 nitrogen and oxygen atoms in total. The molecule has 5 saturated carbocycles. The smallest absolute Gasteiger partial charge is 0.270 e. The number of rotatable bonds is 20. The number of nitrogens with one attached hydrogen (secondary N) is 5. The van der Waals surface area contributed by atoms with E-state index in [-0.39, 0.29) is 61.3 Å². The van der Waals surface area contributed by atoms with E-state index in [1.54, 1.807) is 26.3 Å². The first kappa shape index (κ1) is 62.4. The molecule has 478 valence electrons. The SMILES string of the molecule is Cc1ncsc1-c1ccc(C(CC(=O)NCCCNC(=O)c2nc(N3CCc4cccc(C(=O)Nc5nc6ccccc6s5)c4C3)ccc2-c2cnn(CC34CC5CC(CC(C5)C3)C4)c2C)NC(=O)[C@@H]2C[C@@H](O)CN2C(=O)C(NC(=O)C2(C#N)CC2)C(C)(C)C)cc1. The fraction of sp³-hybridized carbons (Fsp3) is 0.471. The molecule has 0 spiro atoms. The molecule has 7 aliphatic rings. The van der Waals surface area contributed by atoms with Gasteiger partial charge in [0.25, 0.3) is 11.8 Å². The predicted molar refractivity (Wildman–Crippen MR) is 352 cm³/mol. The van der Waals surface area contributed by atoms with E-state index in [0.29, 0.717) is 66.4 Å². The highest BCUT2D eigenvalue weighted by Crippen LogP contribution is 2.61. The lowest BCUT2D eigenvalue weighted by Crippen LogP contribution is -2.58. The van der Waals surface area contributed by atoms with Crippen LogP contribution in [0.15, 0.2) is 90.6 Å². The normalized spacial score (nSPS) is 22.5. The minimum absolute atomic E-state index is 0.0638. The molecule has 7 aromatic rings. The zero-order valence-electron chi connectivity index (χ0n) is 52.7. The van der Waals surface area contributed by atoms with Crippen molar-refractivity contribution >= 4 is 79.3 Å². The molecule has 14 rings (SSSR count). The first-order chi connectivity index (χ1) is 44.2. The average Bonchev–Trinajstić information content (AvgIpc) is 0.806. The minimum atomic E-state index is -1.19. The van der Waals surface area contributed by atoms with Gasteiger partial charge in [-0.2, -0.15) is 10.4 Å². The maximum absolute atomic E-state index is 14.8. The van der Waals surface area contributed by atoms with E-state index in [1.165, 1.54) is 66.1 Å². The summed E-state index contributed by atoms with van der Waals surface area (Å²) in [5.41, 5.74) is 8.48. The molecule has 6 heterocycles. The van der Waals surface area contributed by atoms with Crippen molar-refractivity contribution in [2.45, 2.75) is 149 Å². The number of likely N-dealkylation sites (tertiary alicyclic amines) is 1. The molecule has 2 aliphatic heterocycles. The maximum Gasteiger partial charge on any atom is 0.270 e. The largest absolute Gasteiger partial charge is 0.391 e. The van der Waals surface area contributed by atoms with Crippen molar-refractivity contribution in [1.82, 2.24) is 50.9 Å². The fourth-order valence-electron chi connectivity index (χ4n) is 15.5. The highest BCUT2D eigenvalue weighted by atomic mass is 32.1. The van der Waals surface area contributed by atoms with Crippen molar-refractivity contribution in [2.24, 2.45) is 34.0 Å². The van der Waals surface area contributed by atoms with Gasteiger partial charge in [-0.25, -0.2) is 15.0 Å². The predicted octanol–water partition coefficient (Wildman–Crippen LogP) is 9.61. The number of aromatic nitrogens is 5. The molecule has 4 aromatic heterocycles. The van der Waals surface area contributed by atoms with E-state index in [4.69, 9.17) is 10.1 Å². The second-order valence-corrected chi connectivity index (χ2v) is 29.7. The first-order valence-electron chi connectivity index (χ1n) is 32.4. The van der Waals surface area contributed by atoms with Crippen molar-refractivity contribution in [3.63, 3.8) is 0 Å². The van der Waals surface area contributed by atoms with Gasteiger partial charge in [-0.3, -0.25) is 38.8 Å². The summed E-state index contributed by atoms with van der Waals surface area (Å²) in [5, 5.41) is 41.3. The van der Waals surface area contributed by atoms with Gasteiger partial charge in [-0.15, -0.1) is 11.3 Å². The molecule has 3 aromatic carbocycles. The summed E-state index contributed by atoms with van der Waals surface area (Å²) < 4.78 is 3.14. The average molecular weight is 1280 g/mol. The molecule has 6 amide bonds. The monoisotopic (exact) mass is 1280 g/mol. The topological polar surface area (TPSA) is 270 Å². The first-order valence-corrected chi connectivity index (χ1v) is 34.0. The number of thiazole rings is 2. The Labute approximate surface area is 543 Å². The number of aliphatic hydroxyl groups is 1. The molecule has 2 unspecified atom stereocenters. The molecular weight excluding hydrogens is 1200 g/mol. The van der Waals surface area contributed by atoms with Crippen LogP contribution in [0.2, 0.25) is 0 Å². The van der Waals surface area contributed by atoms with Gasteiger partial charge in [0, 0.05) is 68.1 Å². The summed E-state index contributed by atoms with van der Waals surface area (Å²) in [6, 6.07) is 24.0. The van der Waals surface area contributed by atoms with Gasteiger partial charge in [-0.1, -0.05) is 80.6 Å². The number of fused-ring (bicyclic) bond motifs is 2. The number of benzene rings is 3. The van der Waals surface area contributed by atoms with Gasteiger partial charge in [-0.05, 0) is 159 Å². The molecule has 1 saturated heterocycles. The number of aryl methyl sites for hydroxylation is 1. The zero-order chi connectivity index (χ0) is 64.2. The number of anilines is 2. The van der Waals surface area contributed by atoms with Crippen LogP contribution < -0.4 is 31.5 Å². The van der Waals surface area contributed by atoms with Crippen LogP contribution in [-0.4, -0.2) is 115 Å². The molecule has 6 N–H and O–H groups in total. The summed E-state index contributed by atoms with van der Waals surface area (Å²) in [4.78, 5) is 104. The van der Waals surface area contributed by atoms with E-state index in [1.807, 2.05) is 85.9 Å². The number of para-hydroxylation sites is 1. The Bertz CT molecular complexity index is 3990. The zero-order valence-corrected chi connectivity index (χ0v) is 54.4. The number of hydrogen-bond acceptors (Lipinski definition) is 15. The van der Waals surface area contributed by atoms with Crippen LogP contribution in [0.5, 0.6) is 0 Å². The molecule has 4 atom stereocenters. The van der Waals surface area contributed by atoms with Crippen molar-refractivity contribution < 1.29 is 33.9 Å².